The molecule has 0 saturated carbocycles. The molecule has 74 heavy (non-hydrogen) atoms. The molecule has 372 valence electrons. The zero-order chi connectivity index (χ0) is 52.1. The molecule has 8 aromatic carbocycles. The molecule has 0 saturated heterocycles. The average molecular weight is 968 g/mol. The standard InChI is InChI=1S/C70H74BN3/c1-65(2,3)48-28-32-52(33-29-48)72-60-36-31-50(67(7,8)9)41-58(60)71-57-34-30-51(68(10,11)12)42-61(57)73(53-25-20-24-49(40-53)66(4,5)6)63-44-54(43-62(72)64(63)71)74-59-35-27-47(45-21-16-15-17-22-45)39-56(59)69(13)38-37-46-23-18-19-26-55(46)70(69,74)14/h15-36,39-44H,37-38H2,1-14H3. The van der Waals surface area contributed by atoms with Crippen LogP contribution in [-0.4, -0.2) is 6.71 Å². The number of anilines is 8. The van der Waals surface area contributed by atoms with Crippen molar-refractivity contribution in [2.75, 3.05) is 14.7 Å². The predicted molar refractivity (Wildman–Crippen MR) is 319 cm³/mol. The van der Waals surface area contributed by atoms with Gasteiger partial charge in [-0.05, 0) is 169 Å². The van der Waals surface area contributed by atoms with E-state index in [0.29, 0.717) is 0 Å². The van der Waals surface area contributed by atoms with Crippen LogP contribution in [-0.2, 0) is 39.0 Å². The molecule has 4 aliphatic rings. The van der Waals surface area contributed by atoms with Crippen molar-refractivity contribution in [1.29, 1.82) is 0 Å². The molecule has 3 nitrogen and oxygen atoms in total. The maximum Gasteiger partial charge on any atom is 0.252 e. The summed E-state index contributed by atoms with van der Waals surface area (Å²) in [6.07, 6.45) is 2.09. The zero-order valence-corrected chi connectivity index (χ0v) is 46.5. The van der Waals surface area contributed by atoms with Crippen molar-refractivity contribution in [3.63, 3.8) is 0 Å². The first-order valence-corrected chi connectivity index (χ1v) is 27.3. The largest absolute Gasteiger partial charge is 0.330 e. The van der Waals surface area contributed by atoms with Gasteiger partial charge in [-0.2, -0.15) is 0 Å². The molecule has 0 radical (unpaired) electrons. The Morgan fingerprint density at radius 1 is 0.392 bits per heavy atom. The predicted octanol–water partition coefficient (Wildman–Crippen LogP) is 16.9. The van der Waals surface area contributed by atoms with Crippen LogP contribution in [0.25, 0.3) is 11.1 Å². The van der Waals surface area contributed by atoms with E-state index >= 15 is 0 Å². The van der Waals surface area contributed by atoms with Crippen molar-refractivity contribution in [1.82, 2.24) is 0 Å². The minimum Gasteiger partial charge on any atom is -0.330 e. The van der Waals surface area contributed by atoms with Gasteiger partial charge in [0.1, 0.15) is 0 Å². The molecule has 2 atom stereocenters. The van der Waals surface area contributed by atoms with Gasteiger partial charge >= 0.3 is 0 Å². The average Bonchev–Trinajstić information content (AvgIpc) is 3.58. The molecule has 3 aliphatic heterocycles. The lowest BCUT2D eigenvalue weighted by Gasteiger charge is -2.52. The van der Waals surface area contributed by atoms with E-state index in [0.717, 1.165) is 12.8 Å². The van der Waals surface area contributed by atoms with Gasteiger partial charge in [0.05, 0.1) is 5.54 Å². The van der Waals surface area contributed by atoms with Crippen molar-refractivity contribution < 1.29 is 0 Å². The second-order valence-electron chi connectivity index (χ2n) is 26.6. The van der Waals surface area contributed by atoms with Gasteiger partial charge < -0.3 is 14.7 Å². The Morgan fingerprint density at radius 2 is 0.973 bits per heavy atom. The SMILES string of the molecule is CC(C)(C)c1ccc(N2c3ccc(C(C)(C)C)cc3B3c4ccc(C(C)(C)C)cc4N(c4cccc(C(C)(C)C)c4)c4cc(N5c6ccc(-c7ccccc7)cc6C6(C)CCc7ccccc7C56C)cc2c43)cc1. The van der Waals surface area contributed by atoms with E-state index in [1.54, 1.807) is 0 Å². The van der Waals surface area contributed by atoms with Gasteiger partial charge in [-0.15, -0.1) is 0 Å². The maximum absolute atomic E-state index is 2.78. The van der Waals surface area contributed by atoms with Crippen molar-refractivity contribution in [3.05, 3.63) is 209 Å². The monoisotopic (exact) mass is 968 g/mol. The summed E-state index contributed by atoms with van der Waals surface area (Å²) >= 11 is 0. The fraction of sp³-hybridized carbons (Fsp3) is 0.314. The summed E-state index contributed by atoms with van der Waals surface area (Å²) in [7, 11) is 0. The fourth-order valence-corrected chi connectivity index (χ4v) is 13.3. The van der Waals surface area contributed by atoms with Gasteiger partial charge in [-0.1, -0.05) is 199 Å². The molecule has 8 aromatic rings. The number of rotatable bonds is 4. The molecular formula is C70H74BN3. The van der Waals surface area contributed by atoms with Gasteiger partial charge in [0.25, 0.3) is 6.71 Å². The molecule has 0 amide bonds. The van der Waals surface area contributed by atoms with E-state index in [1.807, 2.05) is 0 Å². The van der Waals surface area contributed by atoms with Crippen LogP contribution in [0.1, 0.15) is 142 Å². The normalized spacial score (nSPS) is 18.8. The summed E-state index contributed by atoms with van der Waals surface area (Å²) in [5.74, 6) is 0. The van der Waals surface area contributed by atoms with Gasteiger partial charge in [0.15, 0.2) is 0 Å². The van der Waals surface area contributed by atoms with Gasteiger partial charge in [-0.25, -0.2) is 0 Å². The Hall–Kier alpha value is -6.78. The van der Waals surface area contributed by atoms with E-state index in [1.165, 1.54) is 112 Å². The van der Waals surface area contributed by atoms with Crippen LogP contribution in [0, 0.1) is 0 Å². The minimum atomic E-state index is -0.420. The molecule has 2 unspecified atom stereocenters. The van der Waals surface area contributed by atoms with E-state index in [9.17, 15) is 0 Å². The minimum absolute atomic E-state index is 0.0157. The number of hydrogen-bond acceptors (Lipinski definition) is 3. The van der Waals surface area contributed by atoms with Crippen LogP contribution in [0.5, 0.6) is 0 Å². The van der Waals surface area contributed by atoms with Gasteiger partial charge in [0.2, 0.25) is 0 Å². The van der Waals surface area contributed by atoms with Crippen molar-refractivity contribution in [3.8, 4) is 11.1 Å². The molecule has 0 spiro atoms. The van der Waals surface area contributed by atoms with Gasteiger partial charge in [-0.3, -0.25) is 0 Å². The van der Waals surface area contributed by atoms with E-state index in [4.69, 9.17) is 0 Å². The summed E-state index contributed by atoms with van der Waals surface area (Å²) in [6.45, 7) is 33.2. The molecule has 4 heteroatoms. The Kier molecular flexibility index (Phi) is 10.7. The smallest absolute Gasteiger partial charge is 0.252 e. The van der Waals surface area contributed by atoms with Crippen LogP contribution in [0.3, 0.4) is 0 Å². The number of nitrogens with zero attached hydrogens (tertiary/aromatic N) is 3. The molecule has 0 N–H and O–H groups in total. The summed E-state index contributed by atoms with van der Waals surface area (Å²) in [5.41, 5.74) is 25.2. The van der Waals surface area contributed by atoms with Crippen molar-refractivity contribution >= 4 is 68.6 Å². The van der Waals surface area contributed by atoms with Crippen molar-refractivity contribution in [2.24, 2.45) is 0 Å². The lowest BCUT2D eigenvalue weighted by Crippen LogP contribution is -2.61. The molecule has 1 aliphatic carbocycles. The fourth-order valence-electron chi connectivity index (χ4n) is 13.3. The Bertz CT molecular complexity index is 3540. The Balaban J connectivity index is 1.22. The topological polar surface area (TPSA) is 9.72 Å². The summed E-state index contributed by atoms with van der Waals surface area (Å²) in [5, 5.41) is 0. The van der Waals surface area contributed by atoms with E-state index < -0.39 is 5.54 Å². The van der Waals surface area contributed by atoms with Crippen LogP contribution < -0.4 is 31.1 Å². The highest BCUT2D eigenvalue weighted by Gasteiger charge is 2.60. The first-order valence-electron chi connectivity index (χ1n) is 27.3. The number of benzene rings is 8. The van der Waals surface area contributed by atoms with Gasteiger partial charge in [0, 0.05) is 50.9 Å². The van der Waals surface area contributed by atoms with Crippen molar-refractivity contribution in [2.45, 2.75) is 142 Å². The molecular weight excluding hydrogens is 894 g/mol. The summed E-state index contributed by atoms with van der Waals surface area (Å²) < 4.78 is 0. The summed E-state index contributed by atoms with van der Waals surface area (Å²) in [4.78, 5) is 8.06. The zero-order valence-electron chi connectivity index (χ0n) is 46.5. The molecule has 12 rings (SSSR count). The molecule has 0 aromatic heterocycles. The Morgan fingerprint density at radius 3 is 1.65 bits per heavy atom. The summed E-state index contributed by atoms with van der Waals surface area (Å²) in [6, 6.07) is 66.6. The first-order chi connectivity index (χ1) is 35.0. The van der Waals surface area contributed by atoms with Crippen LogP contribution in [0.15, 0.2) is 170 Å². The number of aryl methyl sites for hydroxylation is 1. The third-order valence-corrected chi connectivity index (χ3v) is 17.9. The highest BCUT2D eigenvalue weighted by Crippen LogP contribution is 2.65. The maximum atomic E-state index is 2.78. The second kappa shape index (κ2) is 16.4. The number of hydrogen-bond donors (Lipinski definition) is 0. The lowest BCUT2D eigenvalue weighted by atomic mass is 9.33. The highest BCUT2D eigenvalue weighted by atomic mass is 15.3. The molecule has 3 heterocycles. The third kappa shape index (κ3) is 7.28. The van der Waals surface area contributed by atoms with E-state index in [2.05, 4.69) is 281 Å². The number of fused-ring (bicyclic) bond motifs is 9. The lowest BCUT2D eigenvalue weighted by molar-refractivity contribution is 0.245. The second-order valence-corrected chi connectivity index (χ2v) is 26.6. The quantitative estimate of drug-likeness (QED) is 0.163. The van der Waals surface area contributed by atoms with Crippen LogP contribution in [0.4, 0.5) is 45.5 Å². The third-order valence-electron chi connectivity index (χ3n) is 17.9. The molecule has 0 fully saturated rings. The van der Waals surface area contributed by atoms with Crippen LogP contribution >= 0.6 is 0 Å². The molecule has 0 bridgehead atoms. The Labute approximate surface area is 443 Å². The highest BCUT2D eigenvalue weighted by molar-refractivity contribution is 7.00. The van der Waals surface area contributed by atoms with E-state index in [-0.39, 0.29) is 33.8 Å². The first kappa shape index (κ1) is 48.2. The van der Waals surface area contributed by atoms with Crippen LogP contribution in [0.2, 0.25) is 0 Å².